The summed E-state index contributed by atoms with van der Waals surface area (Å²) in [6.07, 6.45) is 0.706. The number of carbonyl (C=O) groups is 1. The number of nitrogens with zero attached hydrogens (tertiary/aromatic N) is 4. The molecule has 1 aliphatic heterocycles. The fourth-order valence-corrected chi connectivity index (χ4v) is 4.60. The van der Waals surface area contributed by atoms with Crippen LogP contribution in [-0.4, -0.2) is 53.6 Å². The van der Waals surface area contributed by atoms with E-state index in [1.54, 1.807) is 19.1 Å². The van der Waals surface area contributed by atoms with Crippen molar-refractivity contribution in [2.24, 2.45) is 0 Å². The van der Waals surface area contributed by atoms with Crippen LogP contribution in [0.5, 0.6) is 5.75 Å². The number of anilines is 1. The molecule has 1 heterocycles. The first-order valence-corrected chi connectivity index (χ1v) is 11.6. The summed E-state index contributed by atoms with van der Waals surface area (Å²) < 4.78 is 5.90. The lowest BCUT2D eigenvalue weighted by molar-refractivity contribution is -0.123. The van der Waals surface area contributed by atoms with E-state index in [0.29, 0.717) is 46.5 Å². The largest absolute Gasteiger partial charge is 0.494 e. The summed E-state index contributed by atoms with van der Waals surface area (Å²) in [6, 6.07) is 13.5. The van der Waals surface area contributed by atoms with Crippen molar-refractivity contribution in [1.29, 1.82) is 5.26 Å². The number of halogens is 1. The van der Waals surface area contributed by atoms with Gasteiger partial charge >= 0.3 is 0 Å². The van der Waals surface area contributed by atoms with Gasteiger partial charge in [0.1, 0.15) is 17.4 Å². The molecule has 2 aromatic carbocycles. The molecule has 0 bridgehead atoms. The Labute approximate surface area is 206 Å². The summed E-state index contributed by atoms with van der Waals surface area (Å²) in [5.74, 6) is 0.704. The second-order valence-corrected chi connectivity index (χ2v) is 9.64. The van der Waals surface area contributed by atoms with Crippen molar-refractivity contribution < 1.29 is 9.53 Å². The van der Waals surface area contributed by atoms with E-state index in [0.717, 1.165) is 12.3 Å². The Morgan fingerprint density at radius 3 is 2.45 bits per heavy atom. The molecule has 0 aromatic heterocycles. The Kier molecular flexibility index (Phi) is 7.63. The zero-order valence-electron chi connectivity index (χ0n) is 19.7. The minimum atomic E-state index is -0.794. The molecule has 3 rings (SSSR count). The first-order valence-electron chi connectivity index (χ1n) is 10.8. The van der Waals surface area contributed by atoms with E-state index in [4.69, 9.17) is 28.6 Å². The molecule has 0 N–H and O–H groups in total. The first-order chi connectivity index (χ1) is 15.6. The third-order valence-electron chi connectivity index (χ3n) is 5.76. The molecule has 2 aromatic rings. The molecule has 33 heavy (non-hydrogen) atoms. The predicted octanol–water partition coefficient (Wildman–Crippen LogP) is 4.76. The summed E-state index contributed by atoms with van der Waals surface area (Å²) in [4.78, 5) is 18.9. The van der Waals surface area contributed by atoms with E-state index in [-0.39, 0.29) is 5.91 Å². The summed E-state index contributed by atoms with van der Waals surface area (Å²) in [6.45, 7) is 7.50. The number of hydrogen-bond acceptors (Lipinski definition) is 5. The Balaban J connectivity index is 1.66. The number of amides is 1. The summed E-state index contributed by atoms with van der Waals surface area (Å²) >= 11 is 12.0. The van der Waals surface area contributed by atoms with Gasteiger partial charge in [-0.1, -0.05) is 23.7 Å². The lowest BCUT2D eigenvalue weighted by Gasteiger charge is -2.29. The van der Waals surface area contributed by atoms with Gasteiger partial charge in [0.05, 0.1) is 22.9 Å². The van der Waals surface area contributed by atoms with Crippen LogP contribution in [0.15, 0.2) is 36.4 Å². The minimum Gasteiger partial charge on any atom is -0.494 e. The van der Waals surface area contributed by atoms with E-state index in [9.17, 15) is 10.1 Å². The van der Waals surface area contributed by atoms with Crippen LogP contribution in [0.2, 0.25) is 5.02 Å². The topological polar surface area (TPSA) is 59.8 Å². The molecular formula is C25H29ClN4O2S. The van der Waals surface area contributed by atoms with Crippen molar-refractivity contribution in [3.05, 3.63) is 58.1 Å². The van der Waals surface area contributed by atoms with Crippen molar-refractivity contribution in [2.75, 3.05) is 32.1 Å². The van der Waals surface area contributed by atoms with Crippen LogP contribution < -0.4 is 9.64 Å². The smallest absolute Gasteiger partial charge is 0.258 e. The van der Waals surface area contributed by atoms with E-state index >= 15 is 0 Å². The highest BCUT2D eigenvalue weighted by molar-refractivity contribution is 7.80. The van der Waals surface area contributed by atoms with Crippen LogP contribution in [0.1, 0.15) is 37.0 Å². The monoisotopic (exact) mass is 484 g/mol. The van der Waals surface area contributed by atoms with Gasteiger partial charge in [-0.15, -0.1) is 0 Å². The van der Waals surface area contributed by atoms with Crippen LogP contribution >= 0.6 is 23.8 Å². The number of nitriles is 1. The van der Waals surface area contributed by atoms with Gasteiger partial charge in [-0.05, 0) is 88.9 Å². The highest BCUT2D eigenvalue weighted by Crippen LogP contribution is 2.37. The maximum absolute atomic E-state index is 13.3. The van der Waals surface area contributed by atoms with Gasteiger partial charge in [0.25, 0.3) is 5.91 Å². The molecule has 8 heteroatoms. The van der Waals surface area contributed by atoms with E-state index in [1.165, 1.54) is 10.5 Å². The van der Waals surface area contributed by atoms with Crippen LogP contribution in [0.25, 0.3) is 0 Å². The average molecular weight is 485 g/mol. The molecule has 0 atom stereocenters. The van der Waals surface area contributed by atoms with Gasteiger partial charge in [0, 0.05) is 13.1 Å². The summed E-state index contributed by atoms with van der Waals surface area (Å²) in [5, 5.41) is 9.99. The molecule has 0 aliphatic carbocycles. The normalized spacial score (nSPS) is 15.3. The van der Waals surface area contributed by atoms with Gasteiger partial charge in [-0.2, -0.15) is 5.26 Å². The minimum absolute atomic E-state index is 0.117. The Bertz CT molecular complexity index is 1090. The maximum Gasteiger partial charge on any atom is 0.258 e. The van der Waals surface area contributed by atoms with E-state index in [2.05, 4.69) is 23.1 Å². The molecule has 1 aliphatic rings. The Hall–Kier alpha value is -2.66. The van der Waals surface area contributed by atoms with Crippen molar-refractivity contribution in [3.8, 4) is 11.8 Å². The number of hydrogen-bond donors (Lipinski definition) is 0. The second kappa shape index (κ2) is 10.1. The second-order valence-electron chi connectivity index (χ2n) is 8.90. The number of benzene rings is 2. The summed E-state index contributed by atoms with van der Waals surface area (Å²) in [7, 11) is 4.08. The maximum atomic E-state index is 13.3. The van der Waals surface area contributed by atoms with Gasteiger partial charge < -0.3 is 14.5 Å². The molecule has 0 unspecified atom stereocenters. The van der Waals surface area contributed by atoms with Gasteiger partial charge in [-0.25, -0.2) is 0 Å². The number of thiocarbonyl (C=S) groups is 1. The molecule has 1 saturated heterocycles. The lowest BCUT2D eigenvalue weighted by atomic mass is 10.0. The fraction of sp³-hybridized carbons (Fsp3) is 0.400. The molecule has 0 radical (unpaired) electrons. The molecule has 1 amide bonds. The predicted molar refractivity (Wildman–Crippen MR) is 136 cm³/mol. The van der Waals surface area contributed by atoms with Crippen LogP contribution in [-0.2, 0) is 11.3 Å². The van der Waals surface area contributed by atoms with Crippen molar-refractivity contribution in [2.45, 2.75) is 39.3 Å². The van der Waals surface area contributed by atoms with Crippen molar-refractivity contribution in [1.82, 2.24) is 9.80 Å². The molecule has 0 spiro atoms. The lowest BCUT2D eigenvalue weighted by Crippen LogP contribution is -2.44. The van der Waals surface area contributed by atoms with Gasteiger partial charge in [0.2, 0.25) is 0 Å². The van der Waals surface area contributed by atoms with E-state index < -0.39 is 5.54 Å². The highest BCUT2D eigenvalue weighted by atomic mass is 35.5. The van der Waals surface area contributed by atoms with Crippen molar-refractivity contribution in [3.63, 3.8) is 0 Å². The van der Waals surface area contributed by atoms with Crippen LogP contribution in [0.3, 0.4) is 0 Å². The first kappa shape index (κ1) is 25.0. The number of rotatable bonds is 8. The summed E-state index contributed by atoms with van der Waals surface area (Å²) in [5.41, 5.74) is 2.08. The Morgan fingerprint density at radius 1 is 1.18 bits per heavy atom. The zero-order chi connectivity index (χ0) is 24.3. The molecule has 1 fully saturated rings. The van der Waals surface area contributed by atoms with Gasteiger partial charge in [0.15, 0.2) is 5.11 Å². The average Bonchev–Trinajstić information content (AvgIpc) is 2.93. The number of carbonyl (C=O) groups excluding carboxylic acids is 1. The zero-order valence-corrected chi connectivity index (χ0v) is 21.3. The number of ether oxygens (including phenoxy) is 1. The van der Waals surface area contributed by atoms with E-state index in [1.807, 2.05) is 45.0 Å². The SMILES string of the molecule is Cc1c(N2C(=O)C(C)(C)N(CCCOc3ccc(CN(C)C)cc3)C2=S)ccc(C#N)c1Cl. The molecule has 174 valence electrons. The molecule has 0 saturated carbocycles. The quantitative estimate of drug-likeness (QED) is 0.397. The Morgan fingerprint density at radius 2 is 1.85 bits per heavy atom. The van der Waals surface area contributed by atoms with Gasteiger partial charge in [-0.3, -0.25) is 9.69 Å². The highest BCUT2D eigenvalue weighted by Gasteiger charge is 2.49. The third kappa shape index (κ3) is 5.14. The van der Waals surface area contributed by atoms with Crippen LogP contribution in [0.4, 0.5) is 5.69 Å². The standard InChI is InChI=1S/C25H29ClN4O2S/c1-17-21(12-9-19(15-27)22(17)26)30-23(31)25(2,3)29(24(30)33)13-6-14-32-20-10-7-18(8-11-20)16-28(4)5/h7-12H,6,13-14,16H2,1-5H3. The van der Waals surface area contributed by atoms with Crippen molar-refractivity contribution >= 4 is 40.5 Å². The fourth-order valence-electron chi connectivity index (χ4n) is 3.90. The van der Waals surface area contributed by atoms with Crippen LogP contribution in [0, 0.1) is 18.3 Å². The molecular weight excluding hydrogens is 456 g/mol. The molecule has 6 nitrogen and oxygen atoms in total. The third-order valence-corrected chi connectivity index (χ3v) is 6.65.